The van der Waals surface area contributed by atoms with Crippen LogP contribution in [0, 0.1) is 0 Å². The molecule has 0 aliphatic carbocycles. The summed E-state index contributed by atoms with van der Waals surface area (Å²) in [6.07, 6.45) is 3.11. The van der Waals surface area contributed by atoms with Crippen LogP contribution in [-0.2, 0) is 25.7 Å². The van der Waals surface area contributed by atoms with E-state index >= 15 is 0 Å². The highest BCUT2D eigenvalue weighted by atomic mass is 35.5. The van der Waals surface area contributed by atoms with Gasteiger partial charge in [-0.3, -0.25) is 24.0 Å². The smallest absolute Gasteiger partial charge is 0.338 e. The predicted octanol–water partition coefficient (Wildman–Crippen LogP) is 5.51. The molecule has 5 rings (SSSR count). The van der Waals surface area contributed by atoms with Gasteiger partial charge in [-0.2, -0.15) is 0 Å². The highest BCUT2D eigenvalue weighted by Crippen LogP contribution is 2.32. The third-order valence-electron chi connectivity index (χ3n) is 7.30. The van der Waals surface area contributed by atoms with Gasteiger partial charge in [0.05, 0.1) is 71.6 Å². The Kier molecular flexibility index (Phi) is 13.4. The molecule has 3 aromatic heterocycles. The fourth-order valence-corrected chi connectivity index (χ4v) is 5.34. The summed E-state index contributed by atoms with van der Waals surface area (Å²) in [4.78, 5) is 59.4. The molecule has 268 valence electrons. The van der Waals surface area contributed by atoms with Gasteiger partial charge in [0.1, 0.15) is 30.1 Å². The third kappa shape index (κ3) is 8.60. The predicted molar refractivity (Wildman–Crippen MR) is 190 cm³/mol. The van der Waals surface area contributed by atoms with Crippen LogP contribution in [0.1, 0.15) is 44.9 Å². The lowest BCUT2D eigenvalue weighted by molar-refractivity contribution is 0.0591. The highest BCUT2D eigenvalue weighted by Gasteiger charge is 2.23. The number of hydrogen-bond donors (Lipinski definition) is 0. The van der Waals surface area contributed by atoms with Crippen molar-refractivity contribution < 1.29 is 42.8 Å². The summed E-state index contributed by atoms with van der Waals surface area (Å²) in [5.74, 6) is -0.586. The Hall–Kier alpha value is -5.57. The number of nitrogens with zero attached hydrogens (tertiary/aromatic N) is 4. The molecule has 0 N–H and O–H groups in total. The molecular formula is C36H37ClN4O10. The van der Waals surface area contributed by atoms with E-state index < -0.39 is 17.8 Å². The number of esters is 2. The molecular weight excluding hydrogens is 684 g/mol. The zero-order valence-corrected chi connectivity index (χ0v) is 29.7. The molecule has 14 nitrogen and oxygen atoms in total. The second-order valence-electron chi connectivity index (χ2n) is 10.5. The number of ether oxygens (including phenoxy) is 6. The molecule has 15 heteroatoms. The van der Waals surface area contributed by atoms with Gasteiger partial charge in [-0.25, -0.2) is 14.6 Å². The molecule has 0 radical (unpaired) electrons. The van der Waals surface area contributed by atoms with E-state index in [4.69, 9.17) is 40.0 Å². The number of fused-ring (bicyclic) bond motifs is 3. The van der Waals surface area contributed by atoms with Gasteiger partial charge in [-0.15, -0.1) is 0 Å². The molecule has 0 spiro atoms. The van der Waals surface area contributed by atoms with Gasteiger partial charge >= 0.3 is 11.9 Å². The van der Waals surface area contributed by atoms with Crippen LogP contribution in [0.2, 0.25) is 5.15 Å². The summed E-state index contributed by atoms with van der Waals surface area (Å²) in [6, 6.07) is 14.5. The molecule has 51 heavy (non-hydrogen) atoms. The first-order valence-electron chi connectivity index (χ1n) is 15.6. The number of methoxy groups -OCH3 is 4. The van der Waals surface area contributed by atoms with Crippen molar-refractivity contribution in [1.29, 1.82) is 0 Å². The molecule has 2 aromatic carbocycles. The molecule has 1 amide bonds. The first-order valence-corrected chi connectivity index (χ1v) is 15.9. The van der Waals surface area contributed by atoms with Gasteiger partial charge in [-0.1, -0.05) is 11.6 Å². The lowest BCUT2D eigenvalue weighted by atomic mass is 10.1. The van der Waals surface area contributed by atoms with E-state index in [2.05, 4.69) is 9.97 Å². The first kappa shape index (κ1) is 38.2. The van der Waals surface area contributed by atoms with Crippen molar-refractivity contribution in [2.45, 2.75) is 20.6 Å². The molecule has 0 fully saturated rings. The van der Waals surface area contributed by atoms with E-state index in [0.717, 1.165) is 0 Å². The fourth-order valence-electron chi connectivity index (χ4n) is 5.14. The topological polar surface area (TPSA) is 158 Å². The molecule has 0 saturated carbocycles. The molecule has 0 bridgehead atoms. The molecule has 0 aliphatic heterocycles. The van der Waals surface area contributed by atoms with Crippen molar-refractivity contribution in [3.8, 4) is 11.5 Å². The van der Waals surface area contributed by atoms with E-state index in [1.165, 1.54) is 50.2 Å². The van der Waals surface area contributed by atoms with Gasteiger partial charge in [0.2, 0.25) is 0 Å². The number of halogens is 1. The van der Waals surface area contributed by atoms with Crippen LogP contribution in [0.5, 0.6) is 11.5 Å². The minimum Gasteiger partial charge on any atom is -0.494 e. The third-order valence-corrected chi connectivity index (χ3v) is 7.60. The number of carbonyl (C=O) groups is 3. The summed E-state index contributed by atoms with van der Waals surface area (Å²) in [6.45, 7) is 4.44. The van der Waals surface area contributed by atoms with Crippen LogP contribution in [0.25, 0.3) is 21.8 Å². The lowest BCUT2D eigenvalue weighted by Gasteiger charge is -2.23. The monoisotopic (exact) mass is 720 g/mol. The average molecular weight is 721 g/mol. The second kappa shape index (κ2) is 17.9. The largest absolute Gasteiger partial charge is 0.494 e. The molecule has 5 aromatic rings. The van der Waals surface area contributed by atoms with Gasteiger partial charge in [0.15, 0.2) is 0 Å². The Balaban J connectivity index is 0.000000229. The summed E-state index contributed by atoms with van der Waals surface area (Å²) in [5, 5.41) is 1.19. The quantitative estimate of drug-likeness (QED) is 0.0690. The Morgan fingerprint density at radius 2 is 1.49 bits per heavy atom. The van der Waals surface area contributed by atoms with Crippen molar-refractivity contribution in [2.75, 3.05) is 53.3 Å². The standard InChI is InChI=1S/C18H19ClN2O5.C18H18N2O5/c1-4-26-14-9-12(18(23)25-3)8-13(10-14)21(11-24-2)17(22)15-6-5-7-20-16(15)19;1-4-25-14-9-11(18(22)24-3)8-13-15(14)16-12(6-5-7-19-16)17(21)20(13)10-23-2/h5-10H,4,11H2,1-3H3;5-9H,4,10H2,1-3H3. The number of aromatic nitrogens is 3. The molecule has 0 unspecified atom stereocenters. The van der Waals surface area contributed by atoms with Crippen molar-refractivity contribution in [1.82, 2.24) is 14.5 Å². The van der Waals surface area contributed by atoms with Gasteiger partial charge < -0.3 is 28.4 Å². The van der Waals surface area contributed by atoms with Crippen molar-refractivity contribution in [2.24, 2.45) is 0 Å². The van der Waals surface area contributed by atoms with Gasteiger partial charge in [0, 0.05) is 32.7 Å². The maximum atomic E-state index is 12.9. The van der Waals surface area contributed by atoms with E-state index in [1.807, 2.05) is 13.8 Å². The Bertz CT molecular complexity index is 2100. The van der Waals surface area contributed by atoms with Crippen molar-refractivity contribution in [3.05, 3.63) is 99.2 Å². The summed E-state index contributed by atoms with van der Waals surface area (Å²) >= 11 is 6.04. The second-order valence-corrected chi connectivity index (χ2v) is 10.8. The van der Waals surface area contributed by atoms with Crippen molar-refractivity contribution in [3.63, 3.8) is 0 Å². The maximum absolute atomic E-state index is 12.9. The van der Waals surface area contributed by atoms with E-state index in [1.54, 1.807) is 54.7 Å². The molecule has 0 aliphatic rings. The van der Waals surface area contributed by atoms with Crippen LogP contribution in [-0.4, -0.2) is 80.8 Å². The SMILES string of the molecule is CCOc1cc(C(=O)OC)cc(N(COC)C(=O)c2cccnc2Cl)c1.CCOc1cc(C(=O)OC)cc2c1c1ncccc1c(=O)n2COC. The summed E-state index contributed by atoms with van der Waals surface area (Å²) < 4.78 is 32.6. The van der Waals surface area contributed by atoms with Crippen LogP contribution in [0.3, 0.4) is 0 Å². The Morgan fingerprint density at radius 1 is 0.824 bits per heavy atom. The first-order chi connectivity index (χ1) is 24.6. The normalized spacial score (nSPS) is 10.6. The lowest BCUT2D eigenvalue weighted by Crippen LogP contribution is -2.33. The van der Waals surface area contributed by atoms with Gasteiger partial charge in [-0.05, 0) is 62.4 Å². The Labute approximate surface area is 298 Å². The number of carbonyl (C=O) groups excluding carboxylic acids is 3. The number of pyridine rings is 3. The highest BCUT2D eigenvalue weighted by molar-refractivity contribution is 6.33. The number of rotatable bonds is 12. The number of amides is 1. The Morgan fingerprint density at radius 3 is 2.12 bits per heavy atom. The summed E-state index contributed by atoms with van der Waals surface area (Å²) in [7, 11) is 5.54. The van der Waals surface area contributed by atoms with Crippen molar-refractivity contribution >= 4 is 56.9 Å². The number of anilines is 1. The maximum Gasteiger partial charge on any atom is 0.338 e. The van der Waals surface area contributed by atoms with Crippen LogP contribution >= 0.6 is 11.6 Å². The van der Waals surface area contributed by atoms with Crippen LogP contribution < -0.4 is 19.9 Å². The number of benzene rings is 2. The zero-order valence-electron chi connectivity index (χ0n) is 28.9. The van der Waals surface area contributed by atoms with Crippen LogP contribution in [0.4, 0.5) is 5.69 Å². The van der Waals surface area contributed by atoms with E-state index in [-0.39, 0.29) is 40.9 Å². The molecule has 0 atom stereocenters. The van der Waals surface area contributed by atoms with E-state index in [9.17, 15) is 19.2 Å². The number of hydrogen-bond acceptors (Lipinski definition) is 12. The summed E-state index contributed by atoms with van der Waals surface area (Å²) in [5.41, 5.74) is 1.94. The zero-order chi connectivity index (χ0) is 37.1. The minimum absolute atomic E-state index is 0.0381. The fraction of sp³-hybridized carbons (Fsp3) is 0.278. The molecule has 0 saturated heterocycles. The average Bonchev–Trinajstić information content (AvgIpc) is 3.15. The molecule has 3 heterocycles. The van der Waals surface area contributed by atoms with Gasteiger partial charge in [0.25, 0.3) is 11.5 Å². The van der Waals surface area contributed by atoms with E-state index in [0.29, 0.717) is 52.2 Å². The van der Waals surface area contributed by atoms with Crippen LogP contribution in [0.15, 0.2) is 71.8 Å². The minimum atomic E-state index is -0.544.